The second kappa shape index (κ2) is 6.19. The molecule has 0 spiro atoms. The average molecular weight is 266 g/mol. The monoisotopic (exact) mass is 266 g/mol. The maximum absolute atomic E-state index is 6.31. The predicted octanol–water partition coefficient (Wildman–Crippen LogP) is 3.98. The molecule has 0 saturated heterocycles. The Kier molecular flexibility index (Phi) is 4.12. The largest absolute Gasteiger partial charge is 0.324 e. The molecule has 0 radical (unpaired) electrons. The quantitative estimate of drug-likeness (QED) is 0.909. The van der Waals surface area contributed by atoms with Crippen molar-refractivity contribution in [2.45, 2.75) is 44.1 Å². The summed E-state index contributed by atoms with van der Waals surface area (Å²) in [6.07, 6.45) is 7.82. The number of fused-ring (bicyclic) bond motifs is 1. The predicted molar refractivity (Wildman–Crippen MR) is 82.5 cm³/mol. The summed E-state index contributed by atoms with van der Waals surface area (Å²) < 4.78 is 0. The fourth-order valence-electron chi connectivity index (χ4n) is 3.23. The summed E-state index contributed by atoms with van der Waals surface area (Å²) in [4.78, 5) is 4.61. The van der Waals surface area contributed by atoms with Crippen molar-refractivity contribution in [3.63, 3.8) is 0 Å². The number of benzene rings is 1. The highest BCUT2D eigenvalue weighted by atomic mass is 14.7. The van der Waals surface area contributed by atoms with E-state index in [1.54, 1.807) is 0 Å². The first kappa shape index (κ1) is 13.3. The van der Waals surface area contributed by atoms with Gasteiger partial charge in [0.25, 0.3) is 0 Å². The van der Waals surface area contributed by atoms with Gasteiger partial charge in [0.15, 0.2) is 0 Å². The van der Waals surface area contributed by atoms with Crippen molar-refractivity contribution in [1.82, 2.24) is 4.98 Å². The van der Waals surface area contributed by atoms with Gasteiger partial charge in [-0.05, 0) is 49.3 Å². The van der Waals surface area contributed by atoms with E-state index in [4.69, 9.17) is 5.73 Å². The zero-order valence-electron chi connectivity index (χ0n) is 11.8. The van der Waals surface area contributed by atoms with Crippen LogP contribution in [0.5, 0.6) is 0 Å². The standard InChI is InChI=1S/C18H22N2/c19-17(14-6-2-1-3-7-14)12-11-16-9-4-8-15-10-5-13-20-18(15)16/h1-3,5-7,10,13,16-17H,4,8-9,11-12,19H2. The molecule has 1 aliphatic rings. The number of rotatable bonds is 4. The first-order chi connectivity index (χ1) is 9.84. The maximum Gasteiger partial charge on any atom is 0.0466 e. The van der Waals surface area contributed by atoms with Crippen molar-refractivity contribution in [3.8, 4) is 0 Å². The Labute approximate surface area is 121 Å². The van der Waals surface area contributed by atoms with Crippen molar-refractivity contribution in [2.24, 2.45) is 5.73 Å². The molecule has 0 aliphatic heterocycles. The Morgan fingerprint density at radius 1 is 1.15 bits per heavy atom. The summed E-state index contributed by atoms with van der Waals surface area (Å²) in [5.41, 5.74) is 10.3. The molecule has 0 fully saturated rings. The molecule has 2 aromatic rings. The van der Waals surface area contributed by atoms with E-state index >= 15 is 0 Å². The number of hydrogen-bond acceptors (Lipinski definition) is 2. The zero-order valence-corrected chi connectivity index (χ0v) is 11.8. The van der Waals surface area contributed by atoms with E-state index in [1.807, 2.05) is 12.3 Å². The van der Waals surface area contributed by atoms with Crippen molar-refractivity contribution in [3.05, 3.63) is 65.5 Å². The van der Waals surface area contributed by atoms with E-state index in [2.05, 4.69) is 41.4 Å². The molecule has 1 heterocycles. The van der Waals surface area contributed by atoms with E-state index in [0.717, 1.165) is 12.8 Å². The molecule has 1 aromatic carbocycles. The molecule has 2 unspecified atom stereocenters. The van der Waals surface area contributed by atoms with E-state index in [0.29, 0.717) is 5.92 Å². The first-order valence-corrected chi connectivity index (χ1v) is 7.59. The Morgan fingerprint density at radius 3 is 2.85 bits per heavy atom. The second-order valence-electron chi connectivity index (χ2n) is 5.73. The molecule has 3 rings (SSSR count). The highest BCUT2D eigenvalue weighted by Crippen LogP contribution is 2.34. The van der Waals surface area contributed by atoms with E-state index in [9.17, 15) is 0 Å². The number of nitrogens with zero attached hydrogens (tertiary/aromatic N) is 1. The van der Waals surface area contributed by atoms with Crippen LogP contribution in [0.4, 0.5) is 0 Å². The van der Waals surface area contributed by atoms with Crippen LogP contribution in [-0.4, -0.2) is 4.98 Å². The van der Waals surface area contributed by atoms with Gasteiger partial charge in [-0.25, -0.2) is 0 Å². The van der Waals surface area contributed by atoms with Crippen LogP contribution >= 0.6 is 0 Å². The van der Waals surface area contributed by atoms with Gasteiger partial charge in [0, 0.05) is 23.9 Å². The molecule has 2 N–H and O–H groups in total. The lowest BCUT2D eigenvalue weighted by Crippen LogP contribution is -2.15. The van der Waals surface area contributed by atoms with Gasteiger partial charge in [-0.2, -0.15) is 0 Å². The van der Waals surface area contributed by atoms with E-state index < -0.39 is 0 Å². The summed E-state index contributed by atoms with van der Waals surface area (Å²) in [5.74, 6) is 0.592. The summed E-state index contributed by atoms with van der Waals surface area (Å²) in [5, 5.41) is 0. The Bertz CT molecular complexity index is 550. The van der Waals surface area contributed by atoms with Crippen molar-refractivity contribution < 1.29 is 0 Å². The minimum absolute atomic E-state index is 0.144. The van der Waals surface area contributed by atoms with Gasteiger partial charge in [0.05, 0.1) is 0 Å². The third-order valence-corrected chi connectivity index (χ3v) is 4.37. The Hall–Kier alpha value is -1.67. The molecule has 0 amide bonds. The fourth-order valence-corrected chi connectivity index (χ4v) is 3.23. The number of nitrogens with two attached hydrogens (primary N) is 1. The number of pyridine rings is 1. The summed E-state index contributed by atoms with van der Waals surface area (Å²) in [6.45, 7) is 0. The molecular formula is C18H22N2. The third-order valence-electron chi connectivity index (χ3n) is 4.37. The lowest BCUT2D eigenvalue weighted by Gasteiger charge is -2.25. The van der Waals surface area contributed by atoms with Gasteiger partial charge in [-0.15, -0.1) is 0 Å². The van der Waals surface area contributed by atoms with Crippen LogP contribution in [0, 0.1) is 0 Å². The van der Waals surface area contributed by atoms with E-state index in [-0.39, 0.29) is 6.04 Å². The number of aryl methyl sites for hydroxylation is 1. The topological polar surface area (TPSA) is 38.9 Å². The Balaban J connectivity index is 1.65. The molecule has 20 heavy (non-hydrogen) atoms. The van der Waals surface area contributed by atoms with Crippen LogP contribution in [0.3, 0.4) is 0 Å². The summed E-state index contributed by atoms with van der Waals surface area (Å²) in [6, 6.07) is 14.8. The van der Waals surface area contributed by atoms with Crippen LogP contribution in [0.2, 0.25) is 0 Å². The SMILES string of the molecule is NC(CCC1CCCc2cccnc21)c1ccccc1. The van der Waals surface area contributed by atoms with Crippen LogP contribution in [0.25, 0.3) is 0 Å². The molecule has 104 valence electrons. The van der Waals surface area contributed by atoms with Gasteiger partial charge in [-0.3, -0.25) is 4.98 Å². The van der Waals surface area contributed by atoms with Gasteiger partial charge in [0.1, 0.15) is 0 Å². The average Bonchev–Trinajstić information content (AvgIpc) is 2.53. The van der Waals surface area contributed by atoms with Gasteiger partial charge in [0.2, 0.25) is 0 Å². The third kappa shape index (κ3) is 2.91. The highest BCUT2D eigenvalue weighted by Gasteiger charge is 2.21. The smallest absolute Gasteiger partial charge is 0.0466 e. The first-order valence-electron chi connectivity index (χ1n) is 7.59. The van der Waals surface area contributed by atoms with Gasteiger partial charge >= 0.3 is 0 Å². The van der Waals surface area contributed by atoms with Crippen LogP contribution in [0.1, 0.15) is 54.5 Å². The molecule has 0 saturated carbocycles. The summed E-state index contributed by atoms with van der Waals surface area (Å²) in [7, 11) is 0. The Morgan fingerprint density at radius 2 is 2.00 bits per heavy atom. The fraction of sp³-hybridized carbons (Fsp3) is 0.389. The van der Waals surface area contributed by atoms with Gasteiger partial charge in [-0.1, -0.05) is 36.4 Å². The molecular weight excluding hydrogens is 244 g/mol. The molecule has 2 atom stereocenters. The van der Waals surface area contributed by atoms with Gasteiger partial charge < -0.3 is 5.73 Å². The van der Waals surface area contributed by atoms with Crippen LogP contribution < -0.4 is 5.73 Å². The highest BCUT2D eigenvalue weighted by molar-refractivity contribution is 5.26. The minimum atomic E-state index is 0.144. The molecule has 1 aromatic heterocycles. The molecule has 2 heteroatoms. The lowest BCUT2D eigenvalue weighted by molar-refractivity contribution is 0.467. The summed E-state index contributed by atoms with van der Waals surface area (Å²) >= 11 is 0. The lowest BCUT2D eigenvalue weighted by atomic mass is 9.83. The second-order valence-corrected chi connectivity index (χ2v) is 5.73. The zero-order chi connectivity index (χ0) is 13.8. The van der Waals surface area contributed by atoms with Crippen molar-refractivity contribution >= 4 is 0 Å². The van der Waals surface area contributed by atoms with Crippen LogP contribution in [0.15, 0.2) is 48.7 Å². The van der Waals surface area contributed by atoms with Crippen molar-refractivity contribution in [1.29, 1.82) is 0 Å². The van der Waals surface area contributed by atoms with Crippen LogP contribution in [-0.2, 0) is 6.42 Å². The maximum atomic E-state index is 6.31. The molecule has 2 nitrogen and oxygen atoms in total. The number of hydrogen-bond donors (Lipinski definition) is 1. The minimum Gasteiger partial charge on any atom is -0.324 e. The normalized spacial score (nSPS) is 19.4. The molecule has 0 bridgehead atoms. The number of aromatic nitrogens is 1. The van der Waals surface area contributed by atoms with E-state index in [1.165, 1.54) is 36.1 Å². The van der Waals surface area contributed by atoms with Crippen molar-refractivity contribution in [2.75, 3.05) is 0 Å². The molecule has 1 aliphatic carbocycles.